The monoisotopic (exact) mass is 371 g/mol. The summed E-state index contributed by atoms with van der Waals surface area (Å²) in [6.45, 7) is 5.71. The van der Waals surface area contributed by atoms with E-state index in [1.54, 1.807) is 0 Å². The van der Waals surface area contributed by atoms with Gasteiger partial charge in [0.1, 0.15) is 6.04 Å². The van der Waals surface area contributed by atoms with E-state index in [4.69, 9.17) is 0 Å². The van der Waals surface area contributed by atoms with Crippen molar-refractivity contribution in [2.24, 2.45) is 17.8 Å². The molecule has 0 spiro atoms. The molecule has 3 fully saturated rings. The van der Waals surface area contributed by atoms with Crippen LogP contribution in [0.5, 0.6) is 0 Å². The third-order valence-corrected chi connectivity index (χ3v) is 6.28. The van der Waals surface area contributed by atoms with Crippen molar-refractivity contribution in [1.29, 1.82) is 0 Å². The molecule has 1 unspecified atom stereocenters. The third-order valence-electron chi connectivity index (χ3n) is 6.28. The molecule has 2 aliphatic heterocycles. The van der Waals surface area contributed by atoms with Gasteiger partial charge < -0.3 is 15.5 Å². The molecule has 3 aliphatic rings. The summed E-state index contributed by atoms with van der Waals surface area (Å²) >= 11 is 0. The lowest BCUT2D eigenvalue weighted by Gasteiger charge is -2.26. The van der Waals surface area contributed by atoms with Crippen LogP contribution in [0.2, 0.25) is 0 Å². The van der Waals surface area contributed by atoms with Crippen LogP contribution in [-0.2, 0) is 9.59 Å². The zero-order valence-electron chi connectivity index (χ0n) is 15.5. The van der Waals surface area contributed by atoms with Gasteiger partial charge in [-0.25, -0.2) is 0 Å². The van der Waals surface area contributed by atoms with Gasteiger partial charge in [0.25, 0.3) is 0 Å². The summed E-state index contributed by atoms with van der Waals surface area (Å²) < 4.78 is 0. The number of nitrogens with one attached hydrogen (secondary N) is 2. The fourth-order valence-corrected chi connectivity index (χ4v) is 4.73. The normalized spacial score (nSPS) is 28.4. The topological polar surface area (TPSA) is 61.4 Å². The minimum atomic E-state index is -0.392. The van der Waals surface area contributed by atoms with Gasteiger partial charge in [-0.2, -0.15) is 0 Å². The van der Waals surface area contributed by atoms with Gasteiger partial charge in [0, 0.05) is 19.5 Å². The molecule has 0 aromatic heterocycles. The zero-order chi connectivity index (χ0) is 16.9. The standard InChI is InChI=1S/C19H33N3O2.ClH/c1-14(21-18(23)11-15-5-3-2-4-6-15)19(24)22-9-7-16-12-20-13-17(16)8-10-22;/h14-17,20H,2-13H2,1H3,(H,21,23);1H/t14?,16-,17+;. The third kappa shape index (κ3) is 5.58. The molecule has 0 aromatic rings. The molecule has 1 saturated carbocycles. The minimum Gasteiger partial charge on any atom is -0.345 e. The van der Waals surface area contributed by atoms with Gasteiger partial charge in [-0.3, -0.25) is 9.59 Å². The first-order valence-electron chi connectivity index (χ1n) is 9.92. The number of fused-ring (bicyclic) bond motifs is 1. The number of amides is 2. The predicted molar refractivity (Wildman–Crippen MR) is 102 cm³/mol. The second-order valence-electron chi connectivity index (χ2n) is 8.08. The minimum absolute atomic E-state index is 0. The molecule has 2 heterocycles. The first-order valence-corrected chi connectivity index (χ1v) is 9.92. The molecular weight excluding hydrogens is 338 g/mol. The van der Waals surface area contributed by atoms with Crippen molar-refractivity contribution < 1.29 is 9.59 Å². The van der Waals surface area contributed by atoms with E-state index in [2.05, 4.69) is 10.6 Å². The van der Waals surface area contributed by atoms with Gasteiger partial charge in [-0.1, -0.05) is 19.3 Å². The highest BCUT2D eigenvalue weighted by Gasteiger charge is 2.32. The highest BCUT2D eigenvalue weighted by molar-refractivity contribution is 5.87. The van der Waals surface area contributed by atoms with Gasteiger partial charge in [-0.05, 0) is 63.5 Å². The van der Waals surface area contributed by atoms with Crippen molar-refractivity contribution in [3.05, 3.63) is 0 Å². The maximum absolute atomic E-state index is 12.7. The highest BCUT2D eigenvalue weighted by atomic mass is 35.5. The van der Waals surface area contributed by atoms with Gasteiger partial charge >= 0.3 is 0 Å². The summed E-state index contributed by atoms with van der Waals surface area (Å²) in [7, 11) is 0. The lowest BCUT2D eigenvalue weighted by molar-refractivity contribution is -0.136. The molecule has 3 rings (SSSR count). The summed E-state index contributed by atoms with van der Waals surface area (Å²) in [6.07, 6.45) is 8.90. The number of nitrogens with zero attached hydrogens (tertiary/aromatic N) is 1. The molecule has 2 saturated heterocycles. The van der Waals surface area contributed by atoms with Crippen LogP contribution in [0.15, 0.2) is 0 Å². The molecule has 5 nitrogen and oxygen atoms in total. The van der Waals surface area contributed by atoms with E-state index in [0.29, 0.717) is 12.3 Å². The number of carbonyl (C=O) groups is 2. The summed E-state index contributed by atoms with van der Waals surface area (Å²) in [4.78, 5) is 26.9. The number of carbonyl (C=O) groups excluding carboxylic acids is 2. The Bertz CT molecular complexity index is 440. The van der Waals surface area contributed by atoms with Crippen molar-refractivity contribution in [3.8, 4) is 0 Å². The Kier molecular flexibility index (Phi) is 8.01. The van der Waals surface area contributed by atoms with Crippen molar-refractivity contribution in [1.82, 2.24) is 15.5 Å². The Balaban J connectivity index is 0.00000225. The Morgan fingerprint density at radius 1 is 1.04 bits per heavy atom. The van der Waals surface area contributed by atoms with Crippen LogP contribution in [0.4, 0.5) is 0 Å². The predicted octanol–water partition coefficient (Wildman–Crippen LogP) is 2.34. The average Bonchev–Trinajstić information content (AvgIpc) is 2.93. The first kappa shape index (κ1) is 20.5. The van der Waals surface area contributed by atoms with Gasteiger partial charge in [0.2, 0.25) is 11.8 Å². The van der Waals surface area contributed by atoms with E-state index in [-0.39, 0.29) is 24.2 Å². The number of halogens is 1. The number of hydrogen-bond acceptors (Lipinski definition) is 3. The SMILES string of the molecule is CC(NC(=O)CC1CCCCC1)C(=O)N1CC[C@@H]2CNC[C@@H]2CC1.Cl. The van der Waals surface area contributed by atoms with Crippen molar-refractivity contribution in [3.63, 3.8) is 0 Å². The summed E-state index contributed by atoms with van der Waals surface area (Å²) in [5, 5.41) is 6.42. The van der Waals surface area contributed by atoms with Gasteiger partial charge in [0.05, 0.1) is 0 Å². The first-order chi connectivity index (χ1) is 11.6. The van der Waals surface area contributed by atoms with Crippen LogP contribution in [0.25, 0.3) is 0 Å². The molecular formula is C19H34ClN3O2. The molecule has 2 amide bonds. The van der Waals surface area contributed by atoms with Gasteiger partial charge in [0.15, 0.2) is 0 Å². The van der Waals surface area contributed by atoms with E-state index < -0.39 is 6.04 Å². The summed E-state index contributed by atoms with van der Waals surface area (Å²) in [6, 6.07) is -0.392. The van der Waals surface area contributed by atoms with E-state index in [9.17, 15) is 9.59 Å². The lowest BCUT2D eigenvalue weighted by Crippen LogP contribution is -2.47. The lowest BCUT2D eigenvalue weighted by atomic mass is 9.87. The Morgan fingerprint density at radius 3 is 2.24 bits per heavy atom. The Labute approximate surface area is 158 Å². The quantitative estimate of drug-likeness (QED) is 0.797. The number of hydrogen-bond donors (Lipinski definition) is 2. The summed E-state index contributed by atoms with van der Waals surface area (Å²) in [5.74, 6) is 2.11. The molecule has 2 N–H and O–H groups in total. The van der Waals surface area contributed by atoms with Crippen LogP contribution in [0.1, 0.15) is 58.3 Å². The van der Waals surface area contributed by atoms with Crippen molar-refractivity contribution >= 4 is 24.2 Å². The van der Waals surface area contributed by atoms with Crippen LogP contribution < -0.4 is 10.6 Å². The highest BCUT2D eigenvalue weighted by Crippen LogP contribution is 2.28. The fraction of sp³-hybridized carbons (Fsp3) is 0.895. The van der Waals surface area contributed by atoms with Crippen LogP contribution in [-0.4, -0.2) is 48.9 Å². The van der Waals surface area contributed by atoms with Crippen LogP contribution in [0.3, 0.4) is 0 Å². The average molecular weight is 372 g/mol. The number of rotatable bonds is 4. The molecule has 25 heavy (non-hydrogen) atoms. The molecule has 1 aliphatic carbocycles. The zero-order valence-corrected chi connectivity index (χ0v) is 16.3. The van der Waals surface area contributed by atoms with Crippen LogP contribution >= 0.6 is 12.4 Å². The largest absolute Gasteiger partial charge is 0.345 e. The molecule has 6 heteroatoms. The Hall–Kier alpha value is -0.810. The number of likely N-dealkylation sites (tertiary alicyclic amines) is 1. The van der Waals surface area contributed by atoms with Gasteiger partial charge in [-0.15, -0.1) is 12.4 Å². The summed E-state index contributed by atoms with van der Waals surface area (Å²) in [5.41, 5.74) is 0. The molecule has 3 atom stereocenters. The maximum atomic E-state index is 12.7. The maximum Gasteiger partial charge on any atom is 0.244 e. The Morgan fingerprint density at radius 2 is 1.64 bits per heavy atom. The second kappa shape index (κ2) is 9.77. The molecule has 144 valence electrons. The fourth-order valence-electron chi connectivity index (χ4n) is 4.73. The smallest absolute Gasteiger partial charge is 0.244 e. The van der Waals surface area contributed by atoms with E-state index >= 15 is 0 Å². The second-order valence-corrected chi connectivity index (χ2v) is 8.08. The molecule has 0 aromatic carbocycles. The van der Waals surface area contributed by atoms with Crippen molar-refractivity contribution in [2.75, 3.05) is 26.2 Å². The van der Waals surface area contributed by atoms with E-state index in [0.717, 1.165) is 50.9 Å². The van der Waals surface area contributed by atoms with E-state index in [1.807, 2.05) is 11.8 Å². The van der Waals surface area contributed by atoms with Crippen LogP contribution in [0, 0.1) is 17.8 Å². The molecule has 0 radical (unpaired) electrons. The molecule has 0 bridgehead atoms. The van der Waals surface area contributed by atoms with Crippen molar-refractivity contribution in [2.45, 2.75) is 64.3 Å². The van der Waals surface area contributed by atoms with E-state index in [1.165, 1.54) is 32.1 Å².